The number of carbonyl (C=O) groups excluding carboxylic acids is 1. The quantitative estimate of drug-likeness (QED) is 0.713. The maximum atomic E-state index is 13.0. The van der Waals surface area contributed by atoms with Crippen LogP contribution in [0.5, 0.6) is 11.5 Å². The van der Waals surface area contributed by atoms with Crippen LogP contribution in [0.1, 0.15) is 5.56 Å². The zero-order valence-electron chi connectivity index (χ0n) is 13.5. The lowest BCUT2D eigenvalue weighted by Gasteiger charge is -2.07. The first kappa shape index (κ1) is 18.0. The van der Waals surface area contributed by atoms with Gasteiger partial charge in [-0.2, -0.15) is 13.2 Å². The van der Waals surface area contributed by atoms with Gasteiger partial charge in [0.2, 0.25) is 0 Å². The summed E-state index contributed by atoms with van der Waals surface area (Å²) in [4.78, 5) is 15.9. The predicted octanol–water partition coefficient (Wildman–Crippen LogP) is 4.34. The lowest BCUT2D eigenvalue weighted by molar-refractivity contribution is -0.136. The molecule has 0 atom stereocenters. The van der Waals surface area contributed by atoms with Crippen molar-refractivity contribution in [3.05, 3.63) is 48.0 Å². The third-order valence-corrected chi connectivity index (χ3v) is 4.32. The monoisotopic (exact) mass is 382 g/mol. The van der Waals surface area contributed by atoms with Gasteiger partial charge >= 0.3 is 6.18 Å². The van der Waals surface area contributed by atoms with Crippen LogP contribution in [-0.4, -0.2) is 24.6 Å². The van der Waals surface area contributed by atoms with E-state index in [2.05, 4.69) is 10.3 Å². The number of nitrogens with zero attached hydrogens (tertiary/aromatic N) is 1. The third-order valence-electron chi connectivity index (χ3n) is 3.38. The molecule has 0 saturated carbocycles. The van der Waals surface area contributed by atoms with Gasteiger partial charge in [-0.05, 0) is 24.3 Å². The summed E-state index contributed by atoms with van der Waals surface area (Å²) in [5.74, 6) is 0.484. The molecule has 0 aliphatic heterocycles. The molecule has 0 fully saturated rings. The van der Waals surface area contributed by atoms with E-state index in [4.69, 9.17) is 9.47 Å². The molecule has 0 radical (unpaired) electrons. The number of fused-ring (bicyclic) bond motifs is 1. The highest BCUT2D eigenvalue weighted by molar-refractivity contribution is 7.22. The fourth-order valence-electron chi connectivity index (χ4n) is 2.23. The Morgan fingerprint density at radius 3 is 2.65 bits per heavy atom. The summed E-state index contributed by atoms with van der Waals surface area (Å²) < 4.78 is 49.7. The molecule has 1 heterocycles. The fourth-order valence-corrected chi connectivity index (χ4v) is 3.13. The van der Waals surface area contributed by atoms with Gasteiger partial charge in [-0.25, -0.2) is 4.98 Å². The minimum atomic E-state index is -4.51. The number of ether oxygens (including phenoxy) is 2. The molecule has 1 amide bonds. The lowest BCUT2D eigenvalue weighted by Crippen LogP contribution is -2.20. The van der Waals surface area contributed by atoms with E-state index in [0.717, 1.165) is 17.4 Å². The molecular weight excluding hydrogens is 369 g/mol. The van der Waals surface area contributed by atoms with Gasteiger partial charge in [0.1, 0.15) is 11.5 Å². The normalized spacial score (nSPS) is 11.4. The Balaban J connectivity index is 1.69. The molecule has 1 N–H and O–H groups in total. The number of aromatic nitrogens is 1. The van der Waals surface area contributed by atoms with Crippen LogP contribution in [0.3, 0.4) is 0 Å². The number of hydrogen-bond acceptors (Lipinski definition) is 5. The minimum Gasteiger partial charge on any atom is -0.497 e. The summed E-state index contributed by atoms with van der Waals surface area (Å²) in [6.07, 6.45) is -4.51. The Labute approximate surface area is 150 Å². The standard InChI is InChI=1S/C17H13F3N2O3S/c1-24-10-4-2-5-11(8-10)25-9-14(23)21-16-22-15-12(17(18,19)20)6-3-7-13(15)26-16/h2-8H,9H2,1H3,(H,21,22,23). The Hall–Kier alpha value is -2.81. The number of thiazole rings is 1. The number of halogens is 3. The molecular formula is C17H13F3N2O3S. The second kappa shape index (κ2) is 7.20. The molecule has 3 rings (SSSR count). The van der Waals surface area contributed by atoms with E-state index in [0.29, 0.717) is 16.2 Å². The minimum absolute atomic E-state index is 0.0796. The van der Waals surface area contributed by atoms with Gasteiger partial charge in [0.15, 0.2) is 11.7 Å². The van der Waals surface area contributed by atoms with E-state index in [9.17, 15) is 18.0 Å². The SMILES string of the molecule is COc1cccc(OCC(=O)Nc2nc3c(C(F)(F)F)cccc3s2)c1. The number of benzene rings is 2. The van der Waals surface area contributed by atoms with Crippen LogP contribution in [0.4, 0.5) is 18.3 Å². The fraction of sp³-hybridized carbons (Fsp3) is 0.176. The van der Waals surface area contributed by atoms with E-state index in [1.54, 1.807) is 24.3 Å². The Morgan fingerprint density at radius 1 is 1.19 bits per heavy atom. The van der Waals surface area contributed by atoms with Crippen LogP contribution in [-0.2, 0) is 11.0 Å². The largest absolute Gasteiger partial charge is 0.497 e. The summed E-state index contributed by atoms with van der Waals surface area (Å²) in [7, 11) is 1.51. The number of rotatable bonds is 5. The molecule has 0 spiro atoms. The second-order valence-corrected chi connectivity index (χ2v) is 6.22. The summed E-state index contributed by atoms with van der Waals surface area (Å²) in [5, 5.41) is 2.53. The molecule has 0 unspecified atom stereocenters. The molecule has 2 aromatic carbocycles. The Bertz CT molecular complexity index is 940. The van der Waals surface area contributed by atoms with Crippen molar-refractivity contribution in [2.45, 2.75) is 6.18 Å². The van der Waals surface area contributed by atoms with Crippen LogP contribution in [0.15, 0.2) is 42.5 Å². The zero-order valence-corrected chi connectivity index (χ0v) is 14.3. The van der Waals surface area contributed by atoms with Crippen molar-refractivity contribution in [1.29, 1.82) is 0 Å². The summed E-state index contributed by atoms with van der Waals surface area (Å²) >= 11 is 0.965. The van der Waals surface area contributed by atoms with Gasteiger partial charge in [-0.1, -0.05) is 23.5 Å². The first-order valence-electron chi connectivity index (χ1n) is 7.40. The third kappa shape index (κ3) is 4.05. The number of alkyl halides is 3. The number of para-hydroxylation sites is 1. The molecule has 0 aliphatic carbocycles. The number of nitrogens with one attached hydrogen (secondary N) is 1. The van der Waals surface area contributed by atoms with Crippen LogP contribution in [0, 0.1) is 0 Å². The van der Waals surface area contributed by atoms with Crippen molar-refractivity contribution in [2.24, 2.45) is 0 Å². The zero-order chi connectivity index (χ0) is 18.7. The molecule has 1 aromatic heterocycles. The highest BCUT2D eigenvalue weighted by Gasteiger charge is 2.33. The summed E-state index contributed by atoms with van der Waals surface area (Å²) in [6.45, 7) is -0.310. The Morgan fingerprint density at radius 2 is 1.92 bits per heavy atom. The van der Waals surface area contributed by atoms with Gasteiger partial charge in [0, 0.05) is 6.07 Å². The Kier molecular flexibility index (Phi) is 4.99. The van der Waals surface area contributed by atoms with Crippen LogP contribution >= 0.6 is 11.3 Å². The first-order chi connectivity index (χ1) is 12.4. The molecule has 3 aromatic rings. The second-order valence-electron chi connectivity index (χ2n) is 5.18. The molecule has 5 nitrogen and oxygen atoms in total. The highest BCUT2D eigenvalue weighted by Crippen LogP contribution is 2.37. The summed E-state index contributed by atoms with van der Waals surface area (Å²) in [6, 6.07) is 10.5. The van der Waals surface area contributed by atoms with Crippen molar-refractivity contribution in [3.8, 4) is 11.5 Å². The number of hydrogen-bond donors (Lipinski definition) is 1. The van der Waals surface area contributed by atoms with Crippen LogP contribution in [0.25, 0.3) is 10.2 Å². The van der Waals surface area contributed by atoms with E-state index in [1.807, 2.05) is 0 Å². The molecule has 26 heavy (non-hydrogen) atoms. The molecule has 0 aliphatic rings. The van der Waals surface area contributed by atoms with Crippen LogP contribution < -0.4 is 14.8 Å². The summed E-state index contributed by atoms with van der Waals surface area (Å²) in [5.41, 5.74) is -1.02. The van der Waals surface area contributed by atoms with Gasteiger partial charge in [0.25, 0.3) is 5.91 Å². The smallest absolute Gasteiger partial charge is 0.418 e. The number of amides is 1. The van der Waals surface area contributed by atoms with Gasteiger partial charge in [-0.3, -0.25) is 10.1 Å². The van der Waals surface area contributed by atoms with E-state index < -0.39 is 17.6 Å². The first-order valence-corrected chi connectivity index (χ1v) is 8.22. The van der Waals surface area contributed by atoms with Crippen molar-refractivity contribution in [3.63, 3.8) is 0 Å². The number of carbonyl (C=O) groups is 1. The maximum absolute atomic E-state index is 13.0. The topological polar surface area (TPSA) is 60.5 Å². The maximum Gasteiger partial charge on any atom is 0.418 e. The predicted molar refractivity (Wildman–Crippen MR) is 91.7 cm³/mol. The van der Waals surface area contributed by atoms with Crippen molar-refractivity contribution in [1.82, 2.24) is 4.98 Å². The molecule has 0 bridgehead atoms. The van der Waals surface area contributed by atoms with Crippen LogP contribution in [0.2, 0.25) is 0 Å². The lowest BCUT2D eigenvalue weighted by atomic mass is 10.2. The highest BCUT2D eigenvalue weighted by atomic mass is 32.1. The number of anilines is 1. The molecule has 0 saturated heterocycles. The van der Waals surface area contributed by atoms with Crippen molar-refractivity contribution in [2.75, 3.05) is 19.0 Å². The average Bonchev–Trinajstić information content (AvgIpc) is 3.01. The average molecular weight is 382 g/mol. The molecule has 136 valence electrons. The van der Waals surface area contributed by atoms with E-state index >= 15 is 0 Å². The van der Waals surface area contributed by atoms with Crippen molar-refractivity contribution >= 4 is 32.6 Å². The van der Waals surface area contributed by atoms with Crippen molar-refractivity contribution < 1.29 is 27.4 Å². The van der Waals surface area contributed by atoms with E-state index in [-0.39, 0.29) is 17.3 Å². The van der Waals surface area contributed by atoms with Gasteiger partial charge in [-0.15, -0.1) is 0 Å². The van der Waals surface area contributed by atoms with Gasteiger partial charge in [0.05, 0.1) is 22.9 Å². The number of methoxy groups -OCH3 is 1. The molecule has 9 heteroatoms. The van der Waals surface area contributed by atoms with E-state index in [1.165, 1.54) is 19.2 Å². The van der Waals surface area contributed by atoms with Gasteiger partial charge < -0.3 is 9.47 Å².